The van der Waals surface area contributed by atoms with Crippen molar-refractivity contribution >= 4 is 40.5 Å². The minimum absolute atomic E-state index is 0.0201. The van der Waals surface area contributed by atoms with Gasteiger partial charge in [0.05, 0.1) is 32.5 Å². The highest BCUT2D eigenvalue weighted by Gasteiger charge is 2.20. The van der Waals surface area contributed by atoms with Gasteiger partial charge in [0.15, 0.2) is 5.69 Å². The van der Waals surface area contributed by atoms with E-state index >= 15 is 0 Å². The van der Waals surface area contributed by atoms with Gasteiger partial charge in [0.1, 0.15) is 0 Å². The molecular weight excluding hydrogens is 469 g/mol. The number of nitrogens with zero attached hydrogens (tertiary/aromatic N) is 6. The molecule has 1 fully saturated rings. The van der Waals surface area contributed by atoms with E-state index in [1.54, 1.807) is 18.2 Å². The average molecular weight is 490 g/mol. The summed E-state index contributed by atoms with van der Waals surface area (Å²) in [6.07, 6.45) is 1.49. The van der Waals surface area contributed by atoms with Crippen molar-refractivity contribution in [1.29, 1.82) is 0 Å². The molecule has 1 aromatic heterocycles. The van der Waals surface area contributed by atoms with Crippen LogP contribution in [0.4, 0.5) is 11.4 Å². The molecule has 1 aliphatic heterocycles. The summed E-state index contributed by atoms with van der Waals surface area (Å²) in [5.41, 5.74) is 1.67. The summed E-state index contributed by atoms with van der Waals surface area (Å²) < 4.78 is 1.40. The molecule has 12 heteroatoms. The van der Waals surface area contributed by atoms with Crippen molar-refractivity contribution in [3.63, 3.8) is 0 Å². The van der Waals surface area contributed by atoms with Crippen molar-refractivity contribution in [3.05, 3.63) is 74.5 Å². The van der Waals surface area contributed by atoms with Gasteiger partial charge in [-0.3, -0.25) is 19.8 Å². The van der Waals surface area contributed by atoms with Crippen LogP contribution >= 0.6 is 23.2 Å². The van der Waals surface area contributed by atoms with Crippen LogP contribution in [-0.4, -0.2) is 70.0 Å². The van der Waals surface area contributed by atoms with Gasteiger partial charge in [0.25, 0.3) is 11.6 Å². The van der Waals surface area contributed by atoms with Crippen molar-refractivity contribution in [2.24, 2.45) is 0 Å². The predicted molar refractivity (Wildman–Crippen MR) is 125 cm³/mol. The Bertz CT molecular complexity index is 1150. The third-order valence-electron chi connectivity index (χ3n) is 5.41. The van der Waals surface area contributed by atoms with Gasteiger partial charge in [-0.25, -0.2) is 4.68 Å². The summed E-state index contributed by atoms with van der Waals surface area (Å²) in [7, 11) is 0. The fourth-order valence-corrected chi connectivity index (χ4v) is 4.00. The maximum atomic E-state index is 12.4. The van der Waals surface area contributed by atoms with E-state index in [1.807, 2.05) is 12.1 Å². The number of nitro groups is 1. The molecule has 1 N–H and O–H groups in total. The Labute approximate surface area is 199 Å². The van der Waals surface area contributed by atoms with Crippen LogP contribution in [0.5, 0.6) is 0 Å². The number of nitrogens with one attached hydrogen (secondary N) is 1. The molecule has 0 radical (unpaired) electrons. The number of carbonyl (C=O) groups is 1. The number of nitro benzene ring substituents is 1. The first-order valence-corrected chi connectivity index (χ1v) is 11.0. The van der Waals surface area contributed by atoms with Crippen LogP contribution in [0.1, 0.15) is 10.5 Å². The second-order valence-electron chi connectivity index (χ2n) is 7.48. The maximum Gasteiger partial charge on any atom is 0.273 e. The lowest BCUT2D eigenvalue weighted by atomic mass is 10.2. The van der Waals surface area contributed by atoms with Crippen molar-refractivity contribution in [3.8, 4) is 5.69 Å². The number of non-ortho nitro benzene ring substituents is 1. The highest BCUT2D eigenvalue weighted by Crippen LogP contribution is 2.32. The van der Waals surface area contributed by atoms with Gasteiger partial charge < -0.3 is 10.2 Å². The number of anilines is 1. The molecule has 172 valence electrons. The molecule has 2 heterocycles. The highest BCUT2D eigenvalue weighted by atomic mass is 35.5. The van der Waals surface area contributed by atoms with Crippen LogP contribution in [0.3, 0.4) is 0 Å². The number of benzene rings is 2. The minimum Gasteiger partial charge on any atom is -0.368 e. The van der Waals surface area contributed by atoms with Gasteiger partial charge >= 0.3 is 0 Å². The smallest absolute Gasteiger partial charge is 0.273 e. The van der Waals surface area contributed by atoms with Crippen LogP contribution in [0.2, 0.25) is 10.0 Å². The molecule has 1 aliphatic rings. The molecule has 3 aromatic rings. The number of piperazine rings is 1. The van der Waals surface area contributed by atoms with E-state index in [-0.39, 0.29) is 17.3 Å². The van der Waals surface area contributed by atoms with E-state index in [1.165, 1.54) is 23.0 Å². The monoisotopic (exact) mass is 489 g/mol. The first-order chi connectivity index (χ1) is 15.9. The molecule has 33 heavy (non-hydrogen) atoms. The summed E-state index contributed by atoms with van der Waals surface area (Å²) in [5, 5.41) is 22.6. The van der Waals surface area contributed by atoms with Crippen molar-refractivity contribution in [2.75, 3.05) is 44.2 Å². The fourth-order valence-electron chi connectivity index (χ4n) is 3.59. The fraction of sp³-hybridized carbons (Fsp3) is 0.286. The first-order valence-electron chi connectivity index (χ1n) is 10.3. The number of aromatic nitrogens is 3. The summed E-state index contributed by atoms with van der Waals surface area (Å²) in [6.45, 7) is 4.50. The number of rotatable bonds is 7. The zero-order valence-electron chi connectivity index (χ0n) is 17.5. The van der Waals surface area contributed by atoms with Crippen LogP contribution in [0, 0.1) is 10.1 Å². The van der Waals surface area contributed by atoms with E-state index in [0.29, 0.717) is 28.8 Å². The molecular formula is C21H21Cl2N7O3. The van der Waals surface area contributed by atoms with Crippen LogP contribution in [0.25, 0.3) is 5.69 Å². The molecule has 0 atom stereocenters. The number of amides is 1. The lowest BCUT2D eigenvalue weighted by Crippen LogP contribution is -2.48. The predicted octanol–water partition coefficient (Wildman–Crippen LogP) is 3.03. The number of halogens is 2. The largest absolute Gasteiger partial charge is 0.368 e. The second kappa shape index (κ2) is 10.2. The molecule has 0 aliphatic carbocycles. The van der Waals surface area contributed by atoms with Crippen LogP contribution in [0.15, 0.2) is 48.7 Å². The molecule has 10 nitrogen and oxygen atoms in total. The number of carbonyl (C=O) groups excluding carboxylic acids is 1. The van der Waals surface area contributed by atoms with Gasteiger partial charge in [-0.1, -0.05) is 34.5 Å². The number of hydrogen-bond donors (Lipinski definition) is 1. The van der Waals surface area contributed by atoms with E-state index in [9.17, 15) is 14.9 Å². The lowest BCUT2D eigenvalue weighted by molar-refractivity contribution is -0.384. The Kier molecular flexibility index (Phi) is 7.07. The molecule has 0 saturated carbocycles. The molecule has 4 rings (SSSR count). The Morgan fingerprint density at radius 1 is 1.09 bits per heavy atom. The summed E-state index contributed by atoms with van der Waals surface area (Å²) in [4.78, 5) is 27.2. The van der Waals surface area contributed by atoms with Gasteiger partial charge in [0, 0.05) is 51.4 Å². The zero-order chi connectivity index (χ0) is 23.4. The van der Waals surface area contributed by atoms with Gasteiger partial charge in [-0.15, -0.1) is 5.10 Å². The van der Waals surface area contributed by atoms with Crippen LogP contribution in [-0.2, 0) is 0 Å². The summed E-state index contributed by atoms with van der Waals surface area (Å²) in [6, 6.07) is 11.5. The van der Waals surface area contributed by atoms with E-state index in [0.717, 1.165) is 31.9 Å². The Morgan fingerprint density at radius 3 is 2.52 bits per heavy atom. The second-order valence-corrected chi connectivity index (χ2v) is 8.26. The SMILES string of the molecule is O=C(NCCN1CCN(c2cccc(Cl)c2Cl)CC1)c1cn(-c2ccc([N+](=O)[O-])cc2)nn1. The Hall–Kier alpha value is -3.21. The molecule has 0 unspecified atom stereocenters. The third kappa shape index (κ3) is 5.41. The van der Waals surface area contributed by atoms with Crippen LogP contribution < -0.4 is 10.2 Å². The van der Waals surface area contributed by atoms with Crippen molar-refractivity contribution in [2.45, 2.75) is 0 Å². The first kappa shape index (κ1) is 23.0. The molecule has 2 aromatic carbocycles. The van der Waals surface area contributed by atoms with Gasteiger partial charge in [-0.2, -0.15) is 0 Å². The highest BCUT2D eigenvalue weighted by molar-refractivity contribution is 6.43. The zero-order valence-corrected chi connectivity index (χ0v) is 19.0. The van der Waals surface area contributed by atoms with Gasteiger partial charge in [0.2, 0.25) is 0 Å². The minimum atomic E-state index is -0.476. The summed E-state index contributed by atoms with van der Waals surface area (Å²) in [5.74, 6) is -0.326. The summed E-state index contributed by atoms with van der Waals surface area (Å²) >= 11 is 12.4. The standard InChI is InChI=1S/C21H21Cl2N7O3/c22-17-2-1-3-19(20(17)23)28-12-10-27(11-13-28)9-8-24-21(31)18-14-29(26-25-18)15-4-6-16(7-5-15)30(32)33/h1-7,14H,8-13H2,(H,24,31). The average Bonchev–Trinajstić information content (AvgIpc) is 3.32. The van der Waals surface area contributed by atoms with E-state index < -0.39 is 4.92 Å². The quantitative estimate of drug-likeness (QED) is 0.401. The van der Waals surface area contributed by atoms with E-state index in [2.05, 4.69) is 25.4 Å². The topological polar surface area (TPSA) is 109 Å². The van der Waals surface area contributed by atoms with Crippen molar-refractivity contribution < 1.29 is 9.72 Å². The Balaban J connectivity index is 1.24. The normalized spacial score (nSPS) is 14.3. The van der Waals surface area contributed by atoms with Gasteiger partial charge in [-0.05, 0) is 24.3 Å². The molecule has 0 bridgehead atoms. The molecule has 0 spiro atoms. The Morgan fingerprint density at radius 2 is 1.82 bits per heavy atom. The molecule has 1 saturated heterocycles. The third-order valence-corrected chi connectivity index (χ3v) is 6.22. The van der Waals surface area contributed by atoms with Crippen molar-refractivity contribution in [1.82, 2.24) is 25.2 Å². The lowest BCUT2D eigenvalue weighted by Gasteiger charge is -2.36. The molecule has 1 amide bonds. The maximum absolute atomic E-state index is 12.4. The van der Waals surface area contributed by atoms with E-state index in [4.69, 9.17) is 23.2 Å². The number of hydrogen-bond acceptors (Lipinski definition) is 7.